The lowest BCUT2D eigenvalue weighted by Crippen LogP contribution is -2.07. The van der Waals surface area contributed by atoms with Crippen LogP contribution >= 0.6 is 15.9 Å². The Morgan fingerprint density at radius 3 is 2.85 bits per heavy atom. The number of aliphatic hydroxyl groups is 1. The van der Waals surface area contributed by atoms with Crippen LogP contribution in [0.3, 0.4) is 0 Å². The molecule has 1 aromatic heterocycles. The van der Waals surface area contributed by atoms with Gasteiger partial charge in [0.1, 0.15) is 0 Å². The molecule has 1 atom stereocenters. The molecule has 0 saturated carbocycles. The van der Waals surface area contributed by atoms with Gasteiger partial charge in [-0.05, 0) is 28.1 Å². The largest absolute Gasteiger partial charge is 0.395 e. The van der Waals surface area contributed by atoms with E-state index in [0.717, 1.165) is 10.2 Å². The van der Waals surface area contributed by atoms with Crippen molar-refractivity contribution in [2.24, 2.45) is 5.92 Å². The molecule has 1 heterocycles. The highest BCUT2D eigenvalue weighted by Gasteiger charge is 2.07. The van der Waals surface area contributed by atoms with E-state index in [1.54, 1.807) is 6.20 Å². The molecule has 0 aliphatic heterocycles. The quantitative estimate of drug-likeness (QED) is 0.872. The van der Waals surface area contributed by atoms with Crippen molar-refractivity contribution in [3.63, 3.8) is 0 Å². The summed E-state index contributed by atoms with van der Waals surface area (Å²) in [5.74, 6) is -0.353. The minimum atomic E-state index is -0.353. The molecular weight excluding hydrogens is 232 g/mol. The Bertz CT molecular complexity index is 304. The molecule has 1 rings (SSSR count). The van der Waals surface area contributed by atoms with Gasteiger partial charge in [0.25, 0.3) is 0 Å². The number of aromatic nitrogens is 1. The van der Waals surface area contributed by atoms with Gasteiger partial charge in [0.2, 0.25) is 0 Å². The first-order valence-electron chi connectivity index (χ1n) is 3.87. The van der Waals surface area contributed by atoms with Crippen molar-refractivity contribution in [2.75, 3.05) is 6.61 Å². The van der Waals surface area contributed by atoms with Crippen molar-refractivity contribution in [1.82, 2.24) is 4.98 Å². The van der Waals surface area contributed by atoms with E-state index in [1.807, 2.05) is 18.2 Å². The van der Waals surface area contributed by atoms with E-state index in [1.165, 1.54) is 0 Å². The molecule has 1 N–H and O–H groups in total. The highest BCUT2D eigenvalue weighted by Crippen LogP contribution is 2.10. The molecule has 1 aromatic rings. The molecule has 0 aromatic carbocycles. The molecule has 0 fully saturated rings. The summed E-state index contributed by atoms with van der Waals surface area (Å²) >= 11 is 3.27. The lowest BCUT2D eigenvalue weighted by Gasteiger charge is -2.03. The fourth-order valence-corrected chi connectivity index (χ4v) is 1.17. The van der Waals surface area contributed by atoms with Crippen molar-refractivity contribution in [3.8, 4) is 6.07 Å². The first kappa shape index (κ1) is 10.2. The lowest BCUT2D eigenvalue weighted by atomic mass is 10.1. The fourth-order valence-electron chi connectivity index (χ4n) is 0.931. The zero-order valence-corrected chi connectivity index (χ0v) is 8.53. The summed E-state index contributed by atoms with van der Waals surface area (Å²) in [6.45, 7) is -0.117. The van der Waals surface area contributed by atoms with Crippen LogP contribution in [-0.4, -0.2) is 16.7 Å². The topological polar surface area (TPSA) is 56.9 Å². The number of hydrogen-bond acceptors (Lipinski definition) is 3. The van der Waals surface area contributed by atoms with Crippen LogP contribution in [0.4, 0.5) is 0 Å². The standard InChI is InChI=1S/C9H9BrN2O/c10-8-1-2-9(12-5-8)3-7(4-11)6-13/h1-2,5,7,13H,3,6H2. The molecular formula is C9H9BrN2O. The number of nitrogens with zero attached hydrogens (tertiary/aromatic N) is 2. The van der Waals surface area contributed by atoms with Crippen molar-refractivity contribution < 1.29 is 5.11 Å². The van der Waals surface area contributed by atoms with Crippen LogP contribution in [0, 0.1) is 17.2 Å². The highest BCUT2D eigenvalue weighted by atomic mass is 79.9. The minimum absolute atomic E-state index is 0.117. The van der Waals surface area contributed by atoms with Crippen LogP contribution < -0.4 is 0 Å². The molecule has 0 aliphatic carbocycles. The first-order chi connectivity index (χ1) is 6.26. The highest BCUT2D eigenvalue weighted by molar-refractivity contribution is 9.10. The average molecular weight is 241 g/mol. The van der Waals surface area contributed by atoms with E-state index in [0.29, 0.717) is 6.42 Å². The van der Waals surface area contributed by atoms with E-state index < -0.39 is 0 Å². The number of nitriles is 1. The molecule has 4 heteroatoms. The summed E-state index contributed by atoms with van der Waals surface area (Å²) in [5, 5.41) is 17.4. The summed E-state index contributed by atoms with van der Waals surface area (Å²) in [6.07, 6.45) is 2.18. The number of aliphatic hydroxyl groups excluding tert-OH is 1. The van der Waals surface area contributed by atoms with E-state index >= 15 is 0 Å². The van der Waals surface area contributed by atoms with Gasteiger partial charge in [-0.1, -0.05) is 0 Å². The Morgan fingerprint density at radius 2 is 2.38 bits per heavy atom. The van der Waals surface area contributed by atoms with Crippen LogP contribution in [0.5, 0.6) is 0 Å². The third-order valence-electron chi connectivity index (χ3n) is 1.65. The van der Waals surface area contributed by atoms with Crippen LogP contribution in [0.1, 0.15) is 5.69 Å². The Hall–Kier alpha value is -0.920. The number of hydrogen-bond donors (Lipinski definition) is 1. The summed E-state index contributed by atoms with van der Waals surface area (Å²) in [4.78, 5) is 4.10. The minimum Gasteiger partial charge on any atom is -0.395 e. The second-order valence-electron chi connectivity index (χ2n) is 2.68. The molecule has 68 valence electrons. The summed E-state index contributed by atoms with van der Waals surface area (Å²) in [5.41, 5.74) is 0.823. The Balaban J connectivity index is 2.64. The Labute approximate surface area is 85.2 Å². The Kier molecular flexibility index (Phi) is 3.87. The van der Waals surface area contributed by atoms with Gasteiger partial charge in [-0.15, -0.1) is 0 Å². The predicted octanol–water partition coefficient (Wildman–Crippen LogP) is 1.52. The number of halogens is 1. The maximum atomic E-state index is 8.78. The van der Waals surface area contributed by atoms with E-state index in [4.69, 9.17) is 10.4 Å². The average Bonchev–Trinajstić information content (AvgIpc) is 2.17. The van der Waals surface area contributed by atoms with Gasteiger partial charge in [0.05, 0.1) is 18.6 Å². The maximum absolute atomic E-state index is 8.78. The van der Waals surface area contributed by atoms with Gasteiger partial charge in [-0.2, -0.15) is 5.26 Å². The van der Waals surface area contributed by atoms with Gasteiger partial charge in [0.15, 0.2) is 0 Å². The van der Waals surface area contributed by atoms with Crippen LogP contribution in [-0.2, 0) is 6.42 Å². The van der Waals surface area contributed by atoms with Crippen molar-refractivity contribution >= 4 is 15.9 Å². The maximum Gasteiger partial charge on any atom is 0.0749 e. The first-order valence-corrected chi connectivity index (χ1v) is 4.66. The number of pyridine rings is 1. The van der Waals surface area contributed by atoms with E-state index in [-0.39, 0.29) is 12.5 Å². The summed E-state index contributed by atoms with van der Waals surface area (Å²) in [7, 11) is 0. The summed E-state index contributed by atoms with van der Waals surface area (Å²) in [6, 6.07) is 5.72. The van der Waals surface area contributed by atoms with Gasteiger partial charge in [-0.25, -0.2) is 0 Å². The lowest BCUT2D eigenvalue weighted by molar-refractivity contribution is 0.255. The molecule has 0 aliphatic rings. The molecule has 0 saturated heterocycles. The van der Waals surface area contributed by atoms with E-state index in [2.05, 4.69) is 20.9 Å². The normalized spacial score (nSPS) is 12.1. The number of rotatable bonds is 3. The van der Waals surface area contributed by atoms with Gasteiger partial charge >= 0.3 is 0 Å². The van der Waals surface area contributed by atoms with Crippen LogP contribution in [0.15, 0.2) is 22.8 Å². The van der Waals surface area contributed by atoms with Gasteiger partial charge in [-0.3, -0.25) is 4.98 Å². The van der Waals surface area contributed by atoms with Crippen molar-refractivity contribution in [2.45, 2.75) is 6.42 Å². The third kappa shape index (κ3) is 3.13. The van der Waals surface area contributed by atoms with Gasteiger partial charge in [0, 0.05) is 22.8 Å². The molecule has 3 nitrogen and oxygen atoms in total. The van der Waals surface area contributed by atoms with Crippen molar-refractivity contribution in [1.29, 1.82) is 5.26 Å². The Morgan fingerprint density at radius 1 is 1.62 bits per heavy atom. The predicted molar refractivity (Wildman–Crippen MR) is 51.8 cm³/mol. The zero-order valence-electron chi connectivity index (χ0n) is 6.94. The van der Waals surface area contributed by atoms with Crippen molar-refractivity contribution in [3.05, 3.63) is 28.5 Å². The smallest absolute Gasteiger partial charge is 0.0749 e. The molecule has 0 amide bonds. The van der Waals surface area contributed by atoms with Crippen LogP contribution in [0.2, 0.25) is 0 Å². The van der Waals surface area contributed by atoms with Gasteiger partial charge < -0.3 is 5.11 Å². The molecule has 1 unspecified atom stereocenters. The summed E-state index contributed by atoms with van der Waals surface area (Å²) < 4.78 is 0.911. The molecule has 0 spiro atoms. The van der Waals surface area contributed by atoms with E-state index in [9.17, 15) is 0 Å². The zero-order chi connectivity index (χ0) is 9.68. The second kappa shape index (κ2) is 4.95. The molecule has 0 radical (unpaired) electrons. The molecule has 0 bridgehead atoms. The van der Waals surface area contributed by atoms with Crippen LogP contribution in [0.25, 0.3) is 0 Å². The molecule has 13 heavy (non-hydrogen) atoms. The second-order valence-corrected chi connectivity index (χ2v) is 3.60. The SMILES string of the molecule is N#CC(CO)Cc1ccc(Br)cn1. The fraction of sp³-hybridized carbons (Fsp3) is 0.333. The third-order valence-corrected chi connectivity index (χ3v) is 2.12. The monoisotopic (exact) mass is 240 g/mol.